The number of ether oxygens (including phenoxy) is 1. The molecule has 0 spiro atoms. The van der Waals surface area contributed by atoms with Gasteiger partial charge in [-0.05, 0) is 98.8 Å². The van der Waals surface area contributed by atoms with Crippen LogP contribution in [0.25, 0.3) is 0 Å². The quantitative estimate of drug-likeness (QED) is 0.220. The number of halogens is 4. The Morgan fingerprint density at radius 3 is 2.38 bits per heavy atom. The van der Waals surface area contributed by atoms with Crippen LogP contribution in [0.3, 0.4) is 0 Å². The lowest BCUT2D eigenvalue weighted by Crippen LogP contribution is -2.14. The number of aryl methyl sites for hydroxylation is 2. The number of allylic oxidation sites excluding steroid dienone is 2. The summed E-state index contributed by atoms with van der Waals surface area (Å²) in [6.45, 7) is 1.28. The Morgan fingerprint density at radius 2 is 1.71 bits per heavy atom. The summed E-state index contributed by atoms with van der Waals surface area (Å²) in [5.41, 5.74) is 3.00. The van der Waals surface area contributed by atoms with Crippen LogP contribution < -0.4 is 4.74 Å². The van der Waals surface area contributed by atoms with Crippen LogP contribution in [0.1, 0.15) is 80.9 Å². The highest BCUT2D eigenvalue weighted by molar-refractivity contribution is 5.31. The fraction of sp³-hybridized carbons (Fsp3) is 0.517. The third-order valence-corrected chi connectivity index (χ3v) is 6.87. The zero-order valence-electron chi connectivity index (χ0n) is 20.1. The van der Waals surface area contributed by atoms with Gasteiger partial charge in [0.25, 0.3) is 0 Å². The Labute approximate surface area is 201 Å². The number of alkyl halides is 1. The molecule has 1 saturated carbocycles. The van der Waals surface area contributed by atoms with Gasteiger partial charge in [-0.15, -0.1) is 0 Å². The largest absolute Gasteiger partial charge is 0.490 e. The molecule has 1 aliphatic carbocycles. The minimum Gasteiger partial charge on any atom is -0.490 e. The lowest BCUT2D eigenvalue weighted by atomic mass is 9.76. The van der Waals surface area contributed by atoms with Crippen molar-refractivity contribution in [3.05, 3.63) is 76.6 Å². The van der Waals surface area contributed by atoms with Gasteiger partial charge in [-0.3, -0.25) is 0 Å². The summed E-state index contributed by atoms with van der Waals surface area (Å²) in [6.07, 6.45) is 10.1. The van der Waals surface area contributed by atoms with Gasteiger partial charge in [-0.1, -0.05) is 43.3 Å². The van der Waals surface area contributed by atoms with E-state index in [1.165, 1.54) is 17.2 Å². The number of hydrogen-bond acceptors (Lipinski definition) is 1. The van der Waals surface area contributed by atoms with E-state index in [9.17, 15) is 17.6 Å². The van der Waals surface area contributed by atoms with E-state index in [0.29, 0.717) is 36.8 Å². The zero-order valence-corrected chi connectivity index (χ0v) is 20.1. The third-order valence-electron chi connectivity index (χ3n) is 6.87. The number of hydrogen-bond donors (Lipinski definition) is 0. The van der Waals surface area contributed by atoms with Crippen molar-refractivity contribution < 1.29 is 22.3 Å². The van der Waals surface area contributed by atoms with E-state index >= 15 is 0 Å². The molecular formula is C29H36F4O. The molecule has 0 bridgehead atoms. The van der Waals surface area contributed by atoms with Crippen LogP contribution in [0, 0.1) is 17.6 Å². The molecule has 0 aromatic heterocycles. The molecule has 0 heterocycles. The molecule has 2 aromatic carbocycles. The molecule has 0 aliphatic heterocycles. The van der Waals surface area contributed by atoms with Crippen LogP contribution >= 0.6 is 0 Å². The van der Waals surface area contributed by atoms with Gasteiger partial charge >= 0.3 is 0 Å². The summed E-state index contributed by atoms with van der Waals surface area (Å²) in [6, 6.07) is 11.9. The van der Waals surface area contributed by atoms with Crippen LogP contribution in [-0.4, -0.2) is 13.3 Å². The monoisotopic (exact) mass is 476 g/mol. The fourth-order valence-corrected chi connectivity index (χ4v) is 4.81. The van der Waals surface area contributed by atoms with Crippen molar-refractivity contribution in [2.45, 2.75) is 77.0 Å². The van der Waals surface area contributed by atoms with Crippen LogP contribution in [-0.2, 0) is 12.8 Å². The van der Waals surface area contributed by atoms with E-state index < -0.39 is 24.1 Å². The molecule has 1 aliphatic rings. The van der Waals surface area contributed by atoms with Crippen molar-refractivity contribution in [3.63, 3.8) is 0 Å². The van der Waals surface area contributed by atoms with Gasteiger partial charge in [0.05, 0.1) is 6.61 Å². The van der Waals surface area contributed by atoms with E-state index in [-0.39, 0.29) is 5.75 Å². The highest BCUT2D eigenvalue weighted by Gasteiger charge is 2.23. The Balaban J connectivity index is 1.42. The first-order chi connectivity index (χ1) is 16.5. The number of benzene rings is 2. The molecule has 1 nitrogen and oxygen atoms in total. The van der Waals surface area contributed by atoms with Gasteiger partial charge in [-0.2, -0.15) is 4.39 Å². The first-order valence-corrected chi connectivity index (χ1v) is 12.6. The molecule has 0 radical (unpaired) electrons. The van der Waals surface area contributed by atoms with Gasteiger partial charge in [0, 0.05) is 0 Å². The fourth-order valence-electron chi connectivity index (χ4n) is 4.81. The molecule has 2 aromatic rings. The minimum atomic E-state index is -1.02. The second-order valence-corrected chi connectivity index (χ2v) is 9.37. The molecule has 1 fully saturated rings. The minimum absolute atomic E-state index is 0.00263. The van der Waals surface area contributed by atoms with Gasteiger partial charge in [0.15, 0.2) is 11.6 Å². The van der Waals surface area contributed by atoms with Gasteiger partial charge in [-0.25, -0.2) is 13.2 Å². The Kier molecular flexibility index (Phi) is 10.5. The third kappa shape index (κ3) is 7.61. The lowest BCUT2D eigenvalue weighted by Gasteiger charge is -2.29. The van der Waals surface area contributed by atoms with Crippen molar-refractivity contribution in [1.82, 2.24) is 0 Å². The lowest BCUT2D eigenvalue weighted by molar-refractivity contribution is 0.293. The van der Waals surface area contributed by atoms with Crippen molar-refractivity contribution in [3.8, 4) is 5.75 Å². The van der Waals surface area contributed by atoms with Crippen molar-refractivity contribution in [2.75, 3.05) is 13.3 Å². The maximum atomic E-state index is 14.4. The Morgan fingerprint density at radius 1 is 0.971 bits per heavy atom. The summed E-state index contributed by atoms with van der Waals surface area (Å²) in [7, 11) is 0. The van der Waals surface area contributed by atoms with Crippen LogP contribution in [0.5, 0.6) is 5.75 Å². The molecule has 0 unspecified atom stereocenters. The highest BCUT2D eigenvalue weighted by atomic mass is 19.2. The Bertz CT molecular complexity index is 914. The van der Waals surface area contributed by atoms with Gasteiger partial charge in [0.2, 0.25) is 5.82 Å². The van der Waals surface area contributed by atoms with Crippen LogP contribution in [0.4, 0.5) is 17.6 Å². The van der Waals surface area contributed by atoms with Gasteiger partial charge < -0.3 is 4.74 Å². The van der Waals surface area contributed by atoms with Crippen molar-refractivity contribution >= 4 is 0 Å². The molecule has 186 valence electrons. The molecule has 0 amide bonds. The highest BCUT2D eigenvalue weighted by Crippen LogP contribution is 2.38. The summed E-state index contributed by atoms with van der Waals surface area (Å²) < 4.78 is 58.8. The topological polar surface area (TPSA) is 9.23 Å². The molecule has 0 atom stereocenters. The van der Waals surface area contributed by atoms with Crippen LogP contribution in [0.15, 0.2) is 48.3 Å². The summed E-state index contributed by atoms with van der Waals surface area (Å²) in [5.74, 6) is -1.26. The first-order valence-electron chi connectivity index (χ1n) is 12.6. The predicted molar refractivity (Wildman–Crippen MR) is 130 cm³/mol. The SMILES string of the molecule is CCCOc1ccc(CCC2CCC(c3ccc(CCCC=C(F)CF)cc3)CC2)c(F)c1F. The first kappa shape index (κ1) is 26.3. The zero-order chi connectivity index (χ0) is 24.3. The van der Waals surface area contributed by atoms with Gasteiger partial charge in [0.1, 0.15) is 12.5 Å². The maximum Gasteiger partial charge on any atom is 0.200 e. The number of rotatable bonds is 12. The average molecular weight is 477 g/mol. The predicted octanol–water partition coefficient (Wildman–Crippen LogP) is 8.81. The van der Waals surface area contributed by atoms with E-state index in [2.05, 4.69) is 24.3 Å². The summed E-state index contributed by atoms with van der Waals surface area (Å²) in [4.78, 5) is 0. The summed E-state index contributed by atoms with van der Waals surface area (Å²) in [5, 5.41) is 0. The van der Waals surface area contributed by atoms with Crippen molar-refractivity contribution in [2.24, 2.45) is 5.92 Å². The molecule has 34 heavy (non-hydrogen) atoms. The number of unbranched alkanes of at least 4 members (excludes halogenated alkanes) is 1. The molecule has 0 N–H and O–H groups in total. The molecule has 0 saturated heterocycles. The van der Waals surface area contributed by atoms with E-state index in [4.69, 9.17) is 4.74 Å². The molecular weight excluding hydrogens is 440 g/mol. The molecule has 3 rings (SSSR count). The molecule has 5 heteroatoms. The smallest absolute Gasteiger partial charge is 0.200 e. The van der Waals surface area contributed by atoms with Crippen LogP contribution in [0.2, 0.25) is 0 Å². The Hall–Kier alpha value is -2.30. The average Bonchev–Trinajstić information content (AvgIpc) is 2.87. The second kappa shape index (κ2) is 13.6. The van der Waals surface area contributed by atoms with E-state index in [1.807, 2.05) is 6.92 Å². The van der Waals surface area contributed by atoms with E-state index in [0.717, 1.165) is 51.4 Å². The normalized spacial score (nSPS) is 18.8. The van der Waals surface area contributed by atoms with E-state index in [1.54, 1.807) is 12.1 Å². The maximum absolute atomic E-state index is 14.4. The second-order valence-electron chi connectivity index (χ2n) is 9.37. The van der Waals surface area contributed by atoms with Crippen molar-refractivity contribution in [1.29, 1.82) is 0 Å². The summed E-state index contributed by atoms with van der Waals surface area (Å²) >= 11 is 0. The standard InChI is InChI=1S/C29H36F4O/c1-2-19-34-27-18-17-25(28(32)29(27)33)16-11-22-9-14-24(15-10-22)23-12-7-21(8-13-23)5-3-4-6-26(31)20-30/h6-8,12-13,17-18,22,24H,2-5,9-11,14-16,19-20H2,1H3.